The van der Waals surface area contributed by atoms with E-state index in [4.69, 9.17) is 0 Å². The molecule has 0 atom stereocenters. The zero-order valence-electron chi connectivity index (χ0n) is 15.5. The first-order valence-corrected chi connectivity index (χ1v) is 9.63. The SMILES string of the molecule is CCCCCCCCCCCCNc1ccnc2c(O)cccc12.Cl. The van der Waals surface area contributed by atoms with Crippen LogP contribution < -0.4 is 5.32 Å². The molecule has 4 heteroatoms. The second kappa shape index (κ2) is 12.8. The van der Waals surface area contributed by atoms with Crippen molar-refractivity contribution in [3.05, 3.63) is 30.5 Å². The van der Waals surface area contributed by atoms with Crippen LogP contribution in [-0.4, -0.2) is 16.6 Å². The van der Waals surface area contributed by atoms with Gasteiger partial charge in [0.1, 0.15) is 11.3 Å². The summed E-state index contributed by atoms with van der Waals surface area (Å²) in [6.07, 6.45) is 15.3. The third kappa shape index (κ3) is 7.52. The lowest BCUT2D eigenvalue weighted by Crippen LogP contribution is -2.02. The first kappa shape index (κ1) is 21.6. The number of hydrogen-bond donors (Lipinski definition) is 2. The molecule has 2 rings (SSSR count). The summed E-state index contributed by atoms with van der Waals surface area (Å²) in [5.41, 5.74) is 1.73. The minimum absolute atomic E-state index is 0. The Labute approximate surface area is 158 Å². The van der Waals surface area contributed by atoms with Gasteiger partial charge in [-0.2, -0.15) is 0 Å². The normalized spacial score (nSPS) is 10.6. The Morgan fingerprint density at radius 3 is 2.20 bits per heavy atom. The number of aromatic nitrogens is 1. The van der Waals surface area contributed by atoms with Gasteiger partial charge >= 0.3 is 0 Å². The molecule has 1 heterocycles. The highest BCUT2D eigenvalue weighted by Gasteiger charge is 2.04. The van der Waals surface area contributed by atoms with Crippen LogP contribution in [0.3, 0.4) is 0 Å². The van der Waals surface area contributed by atoms with E-state index < -0.39 is 0 Å². The molecule has 25 heavy (non-hydrogen) atoms. The second-order valence-corrected chi connectivity index (χ2v) is 6.64. The zero-order valence-corrected chi connectivity index (χ0v) is 16.3. The Morgan fingerprint density at radius 1 is 0.880 bits per heavy atom. The van der Waals surface area contributed by atoms with Crippen molar-refractivity contribution in [1.82, 2.24) is 4.98 Å². The molecule has 2 aromatic rings. The highest BCUT2D eigenvalue weighted by molar-refractivity contribution is 5.94. The maximum absolute atomic E-state index is 9.87. The largest absolute Gasteiger partial charge is 0.506 e. The van der Waals surface area contributed by atoms with Gasteiger partial charge in [-0.3, -0.25) is 4.98 Å². The Balaban J connectivity index is 0.00000312. The number of halogens is 1. The molecule has 0 aliphatic rings. The molecule has 0 unspecified atom stereocenters. The lowest BCUT2D eigenvalue weighted by Gasteiger charge is -2.10. The number of anilines is 1. The molecule has 0 amide bonds. The summed E-state index contributed by atoms with van der Waals surface area (Å²) in [4.78, 5) is 4.26. The van der Waals surface area contributed by atoms with Crippen LogP contribution in [0.4, 0.5) is 5.69 Å². The van der Waals surface area contributed by atoms with E-state index in [2.05, 4.69) is 17.2 Å². The van der Waals surface area contributed by atoms with Crippen LogP contribution in [0.1, 0.15) is 71.1 Å². The van der Waals surface area contributed by atoms with Crippen LogP contribution in [0.5, 0.6) is 5.75 Å². The smallest absolute Gasteiger partial charge is 0.141 e. The fourth-order valence-corrected chi connectivity index (χ4v) is 3.15. The number of para-hydroxylation sites is 1. The Bertz CT molecular complexity index is 603. The number of hydrogen-bond acceptors (Lipinski definition) is 3. The molecule has 2 N–H and O–H groups in total. The van der Waals surface area contributed by atoms with Crippen LogP contribution in [0.15, 0.2) is 30.5 Å². The van der Waals surface area contributed by atoms with Crippen LogP contribution in [0, 0.1) is 0 Å². The minimum atomic E-state index is 0. The number of pyridine rings is 1. The molecule has 0 bridgehead atoms. The van der Waals surface area contributed by atoms with Gasteiger partial charge in [0.15, 0.2) is 0 Å². The van der Waals surface area contributed by atoms with Gasteiger partial charge in [0.2, 0.25) is 0 Å². The molecule has 0 spiro atoms. The summed E-state index contributed by atoms with van der Waals surface area (Å²) in [5, 5.41) is 14.3. The maximum atomic E-state index is 9.87. The molecular formula is C21H33ClN2O. The van der Waals surface area contributed by atoms with Crippen LogP contribution in [0.2, 0.25) is 0 Å². The summed E-state index contributed by atoms with van der Waals surface area (Å²) in [6.45, 7) is 3.25. The predicted octanol–water partition coefficient (Wildman–Crippen LogP) is 6.70. The van der Waals surface area contributed by atoms with Gasteiger partial charge in [0.05, 0.1) is 0 Å². The monoisotopic (exact) mass is 364 g/mol. The minimum Gasteiger partial charge on any atom is -0.506 e. The van der Waals surface area contributed by atoms with E-state index in [0.717, 1.165) is 17.6 Å². The van der Waals surface area contributed by atoms with Crippen molar-refractivity contribution in [2.75, 3.05) is 11.9 Å². The molecule has 1 aromatic carbocycles. The van der Waals surface area contributed by atoms with E-state index in [1.165, 1.54) is 64.2 Å². The zero-order chi connectivity index (χ0) is 17.0. The standard InChI is InChI=1S/C21H32N2O.ClH/c1-2-3-4-5-6-7-8-9-10-11-16-22-19-15-17-23-21-18(19)13-12-14-20(21)24;/h12-15,17,24H,2-11,16H2,1H3,(H,22,23);1H. The van der Waals surface area contributed by atoms with Crippen LogP contribution in [0.25, 0.3) is 10.9 Å². The summed E-state index contributed by atoms with van der Waals surface area (Å²) in [5.74, 6) is 0.245. The van der Waals surface area contributed by atoms with E-state index in [-0.39, 0.29) is 18.2 Å². The average molecular weight is 365 g/mol. The number of benzene rings is 1. The average Bonchev–Trinajstić information content (AvgIpc) is 2.60. The van der Waals surface area contributed by atoms with Crippen molar-refractivity contribution in [1.29, 1.82) is 0 Å². The third-order valence-corrected chi connectivity index (χ3v) is 4.60. The number of unbranched alkanes of at least 4 members (excludes halogenated alkanes) is 9. The van der Waals surface area contributed by atoms with Crippen molar-refractivity contribution in [2.24, 2.45) is 0 Å². The van der Waals surface area contributed by atoms with Gasteiger partial charge in [0.25, 0.3) is 0 Å². The van der Waals surface area contributed by atoms with Crippen molar-refractivity contribution < 1.29 is 5.11 Å². The molecule has 140 valence electrons. The fourth-order valence-electron chi connectivity index (χ4n) is 3.15. The quantitative estimate of drug-likeness (QED) is 0.412. The van der Waals surface area contributed by atoms with Gasteiger partial charge < -0.3 is 10.4 Å². The highest BCUT2D eigenvalue weighted by atomic mass is 35.5. The van der Waals surface area contributed by atoms with Gasteiger partial charge in [-0.05, 0) is 18.6 Å². The number of phenols is 1. The summed E-state index contributed by atoms with van der Waals surface area (Å²) >= 11 is 0. The number of nitrogens with one attached hydrogen (secondary N) is 1. The van der Waals surface area contributed by atoms with Crippen molar-refractivity contribution in [2.45, 2.75) is 71.1 Å². The lowest BCUT2D eigenvalue weighted by molar-refractivity contribution is 0.480. The van der Waals surface area contributed by atoms with Crippen molar-refractivity contribution in [3.8, 4) is 5.75 Å². The van der Waals surface area contributed by atoms with Gasteiger partial charge in [-0.25, -0.2) is 0 Å². The molecule has 0 radical (unpaired) electrons. The number of phenolic OH excluding ortho intramolecular Hbond substituents is 1. The maximum Gasteiger partial charge on any atom is 0.141 e. The third-order valence-electron chi connectivity index (χ3n) is 4.60. The van der Waals surface area contributed by atoms with Crippen molar-refractivity contribution >= 4 is 29.0 Å². The van der Waals surface area contributed by atoms with E-state index in [1.54, 1.807) is 12.3 Å². The summed E-state index contributed by atoms with van der Waals surface area (Å²) in [6, 6.07) is 7.54. The summed E-state index contributed by atoms with van der Waals surface area (Å²) in [7, 11) is 0. The number of nitrogens with zero attached hydrogens (tertiary/aromatic N) is 1. The number of aromatic hydroxyl groups is 1. The molecule has 0 fully saturated rings. The molecule has 0 saturated carbocycles. The first-order chi connectivity index (χ1) is 11.8. The molecular weight excluding hydrogens is 332 g/mol. The summed E-state index contributed by atoms with van der Waals surface area (Å²) < 4.78 is 0. The van der Waals surface area contributed by atoms with Crippen molar-refractivity contribution in [3.63, 3.8) is 0 Å². The first-order valence-electron chi connectivity index (χ1n) is 9.63. The Hall–Kier alpha value is -1.48. The predicted molar refractivity (Wildman–Crippen MR) is 111 cm³/mol. The van der Waals surface area contributed by atoms with Crippen LogP contribution >= 0.6 is 12.4 Å². The molecule has 0 aliphatic carbocycles. The molecule has 1 aromatic heterocycles. The van der Waals surface area contributed by atoms with Crippen LogP contribution in [-0.2, 0) is 0 Å². The molecule has 0 saturated heterocycles. The van der Waals surface area contributed by atoms with E-state index in [9.17, 15) is 5.11 Å². The Kier molecular flexibility index (Phi) is 11.1. The molecule has 0 aliphatic heterocycles. The molecule has 3 nitrogen and oxygen atoms in total. The Morgan fingerprint density at radius 2 is 1.52 bits per heavy atom. The number of rotatable bonds is 12. The second-order valence-electron chi connectivity index (χ2n) is 6.64. The highest BCUT2D eigenvalue weighted by Crippen LogP contribution is 2.27. The van der Waals surface area contributed by atoms with E-state index >= 15 is 0 Å². The fraction of sp³-hybridized carbons (Fsp3) is 0.571. The topological polar surface area (TPSA) is 45.2 Å². The number of fused-ring (bicyclic) bond motifs is 1. The van der Waals surface area contributed by atoms with Gasteiger partial charge in [-0.15, -0.1) is 12.4 Å². The lowest BCUT2D eigenvalue weighted by atomic mass is 10.1. The van der Waals surface area contributed by atoms with E-state index in [0.29, 0.717) is 5.52 Å². The van der Waals surface area contributed by atoms with E-state index in [1.807, 2.05) is 18.2 Å². The van der Waals surface area contributed by atoms with Gasteiger partial charge in [0, 0.05) is 23.8 Å². The van der Waals surface area contributed by atoms with Gasteiger partial charge in [-0.1, -0.05) is 76.8 Å².